The van der Waals surface area contributed by atoms with Crippen molar-refractivity contribution in [3.8, 4) is 0 Å². The van der Waals surface area contributed by atoms with Gasteiger partial charge in [0.2, 0.25) is 0 Å². The van der Waals surface area contributed by atoms with Gasteiger partial charge in [0.25, 0.3) is 0 Å². The van der Waals surface area contributed by atoms with E-state index in [-0.39, 0.29) is 41.6 Å². The second-order valence-corrected chi connectivity index (χ2v) is 1.00. The molecule has 12 heavy (non-hydrogen) atoms. The molecule has 0 aromatic heterocycles. The third-order valence-corrected chi connectivity index (χ3v) is 0.586. The van der Waals surface area contributed by atoms with Crippen molar-refractivity contribution in [2.24, 2.45) is 0 Å². The Balaban J connectivity index is -0.0000000213. The van der Waals surface area contributed by atoms with Crippen LogP contribution in [0.2, 0.25) is 0 Å². The van der Waals surface area contributed by atoms with Crippen molar-refractivity contribution < 1.29 is 31.9 Å². The maximum atomic E-state index is 7.00. The van der Waals surface area contributed by atoms with Gasteiger partial charge in [-0.25, -0.2) is 12.2 Å². The molecule has 0 saturated heterocycles. The van der Waals surface area contributed by atoms with E-state index in [4.69, 9.17) is 10.2 Å². The number of aliphatic hydroxyl groups excluding tert-OH is 2. The minimum absolute atomic E-state index is 0. The van der Waals surface area contributed by atoms with Gasteiger partial charge in [0.15, 0.2) is 0 Å². The summed E-state index contributed by atoms with van der Waals surface area (Å²) in [7, 11) is 2.00. The molecule has 0 heterocycles. The molecular formula is C8H17ClO2Ti. The average molecular weight is 229 g/mol. The Morgan fingerprint density at radius 1 is 1.17 bits per heavy atom. The van der Waals surface area contributed by atoms with Crippen LogP contribution in [0, 0.1) is 13.5 Å². The number of hydrogen-bond acceptors (Lipinski definition) is 2. The maximum absolute atomic E-state index is 7.00. The van der Waals surface area contributed by atoms with E-state index < -0.39 is 0 Å². The Kier molecular flexibility index (Phi) is 104. The zero-order chi connectivity index (χ0) is 7.54. The van der Waals surface area contributed by atoms with Gasteiger partial charge in [0.05, 0.1) is 0 Å². The standard InChI is InChI=1S/C5H5.2CH4O.CH3.ClH.Ti/c1-2-4-5-3-1;2*1-2;;;/h1-3H,4H2;2*2H,1H3;1H3;1H;/q-1;;;-1;;+2. The molecule has 0 aliphatic heterocycles. The van der Waals surface area contributed by atoms with E-state index in [2.05, 4.69) is 12.2 Å². The molecule has 0 fully saturated rings. The Hall–Kier alpha value is 0.404. The van der Waals surface area contributed by atoms with E-state index in [1.165, 1.54) is 0 Å². The van der Waals surface area contributed by atoms with Crippen molar-refractivity contribution in [2.75, 3.05) is 14.2 Å². The normalized spacial score (nSPS) is 8.33. The molecule has 0 radical (unpaired) electrons. The van der Waals surface area contributed by atoms with Gasteiger partial charge in [-0.1, -0.05) is 0 Å². The summed E-state index contributed by atoms with van der Waals surface area (Å²) in [5.74, 6) is 0. The van der Waals surface area contributed by atoms with Crippen LogP contribution in [0.25, 0.3) is 0 Å². The van der Waals surface area contributed by atoms with Crippen LogP contribution in [0.15, 0.2) is 18.2 Å². The molecule has 0 spiro atoms. The minimum atomic E-state index is 0. The quantitative estimate of drug-likeness (QED) is 0.486. The monoisotopic (exact) mass is 228 g/mol. The van der Waals surface area contributed by atoms with Crippen LogP contribution >= 0.6 is 12.4 Å². The number of hydrogen-bond donors (Lipinski definition) is 2. The molecule has 0 amide bonds. The van der Waals surface area contributed by atoms with Crippen LogP contribution in [0.3, 0.4) is 0 Å². The van der Waals surface area contributed by atoms with Crippen molar-refractivity contribution in [2.45, 2.75) is 6.42 Å². The third-order valence-electron chi connectivity index (χ3n) is 0.586. The fourth-order valence-electron chi connectivity index (χ4n) is 0.340. The van der Waals surface area contributed by atoms with Crippen LogP contribution < -0.4 is 0 Å². The molecule has 0 aromatic carbocycles. The molecule has 1 rings (SSSR count). The van der Waals surface area contributed by atoms with Crippen molar-refractivity contribution in [1.82, 2.24) is 0 Å². The first-order chi connectivity index (χ1) is 4.50. The fourth-order valence-corrected chi connectivity index (χ4v) is 0.340. The van der Waals surface area contributed by atoms with Crippen molar-refractivity contribution in [3.63, 3.8) is 0 Å². The van der Waals surface area contributed by atoms with Gasteiger partial charge in [-0.05, 0) is 0 Å². The number of rotatable bonds is 0. The van der Waals surface area contributed by atoms with Crippen molar-refractivity contribution in [3.05, 3.63) is 31.7 Å². The summed E-state index contributed by atoms with van der Waals surface area (Å²) in [4.78, 5) is 0. The molecule has 0 bridgehead atoms. The Morgan fingerprint density at radius 2 is 1.58 bits per heavy atom. The summed E-state index contributed by atoms with van der Waals surface area (Å²) < 4.78 is 0. The number of halogens is 1. The van der Waals surface area contributed by atoms with E-state index in [1.807, 2.05) is 12.2 Å². The van der Waals surface area contributed by atoms with Gasteiger partial charge in [-0.2, -0.15) is 6.08 Å². The molecule has 0 aromatic rings. The van der Waals surface area contributed by atoms with E-state index >= 15 is 0 Å². The number of aliphatic hydroxyl groups is 2. The maximum Gasteiger partial charge on any atom is 2.00 e. The molecule has 1 aliphatic carbocycles. The van der Waals surface area contributed by atoms with Gasteiger partial charge in [-0.3, -0.25) is 6.08 Å². The summed E-state index contributed by atoms with van der Waals surface area (Å²) in [5, 5.41) is 14.0. The van der Waals surface area contributed by atoms with Gasteiger partial charge >= 0.3 is 21.7 Å². The van der Waals surface area contributed by atoms with Crippen molar-refractivity contribution in [1.29, 1.82) is 0 Å². The first-order valence-corrected chi connectivity index (χ1v) is 2.61. The molecule has 2 N–H and O–H groups in total. The topological polar surface area (TPSA) is 40.5 Å². The van der Waals surface area contributed by atoms with E-state index in [0.29, 0.717) is 0 Å². The molecular weight excluding hydrogens is 211 g/mol. The summed E-state index contributed by atoms with van der Waals surface area (Å²) in [6.07, 6.45) is 10.0. The van der Waals surface area contributed by atoms with Crippen LogP contribution in [0.4, 0.5) is 0 Å². The first-order valence-electron chi connectivity index (χ1n) is 2.61. The molecule has 4 heteroatoms. The van der Waals surface area contributed by atoms with Crippen LogP contribution in [-0.2, 0) is 21.7 Å². The zero-order valence-corrected chi connectivity index (χ0v) is 10.1. The Morgan fingerprint density at radius 3 is 1.67 bits per heavy atom. The summed E-state index contributed by atoms with van der Waals surface area (Å²) in [5.41, 5.74) is 0. The van der Waals surface area contributed by atoms with Gasteiger partial charge in [0, 0.05) is 14.2 Å². The predicted molar refractivity (Wildman–Crippen MR) is 51.5 cm³/mol. The summed E-state index contributed by atoms with van der Waals surface area (Å²) >= 11 is 0. The first kappa shape index (κ1) is 29.4. The van der Waals surface area contributed by atoms with Gasteiger partial charge in [0.1, 0.15) is 0 Å². The molecule has 0 saturated carbocycles. The predicted octanol–water partition coefficient (Wildman–Crippen LogP) is 1.39. The van der Waals surface area contributed by atoms with Crippen LogP contribution in [-0.4, -0.2) is 24.4 Å². The summed E-state index contributed by atoms with van der Waals surface area (Å²) in [6.45, 7) is 0. The Labute approximate surface area is 96.7 Å². The SMILES string of the molecule is CO.CO.Cl.[C-]1=CC=CC1.[CH3-].[Ti+2]. The zero-order valence-electron chi connectivity index (χ0n) is 7.74. The second-order valence-electron chi connectivity index (χ2n) is 1.00. The molecule has 1 aliphatic rings. The van der Waals surface area contributed by atoms with E-state index in [0.717, 1.165) is 20.6 Å². The summed E-state index contributed by atoms with van der Waals surface area (Å²) in [6, 6.07) is 0. The second kappa shape index (κ2) is 42.3. The van der Waals surface area contributed by atoms with E-state index in [9.17, 15) is 0 Å². The van der Waals surface area contributed by atoms with Crippen LogP contribution in [0.1, 0.15) is 6.42 Å². The molecule has 0 atom stereocenters. The van der Waals surface area contributed by atoms with E-state index in [1.54, 1.807) is 0 Å². The molecule has 2 nitrogen and oxygen atoms in total. The van der Waals surface area contributed by atoms with Crippen molar-refractivity contribution >= 4 is 12.4 Å². The Bertz CT molecular complexity index is 75.1. The minimum Gasteiger partial charge on any atom is -0.400 e. The van der Waals surface area contributed by atoms with Crippen LogP contribution in [0.5, 0.6) is 0 Å². The molecule has 72 valence electrons. The molecule has 0 unspecified atom stereocenters. The number of allylic oxidation sites excluding steroid dienone is 4. The van der Waals surface area contributed by atoms with Gasteiger partial charge in [-0.15, -0.1) is 18.8 Å². The van der Waals surface area contributed by atoms with Gasteiger partial charge < -0.3 is 17.6 Å². The largest absolute Gasteiger partial charge is 2.00 e. The third kappa shape index (κ3) is 31.5. The fraction of sp³-hybridized carbons (Fsp3) is 0.375. The smallest absolute Gasteiger partial charge is 0.400 e. The average Bonchev–Trinajstić information content (AvgIpc) is 2.51.